The van der Waals surface area contributed by atoms with E-state index in [0.717, 1.165) is 12.8 Å². The van der Waals surface area contributed by atoms with Crippen LogP contribution in [0.25, 0.3) is 16.5 Å². The average Bonchev–Trinajstić information content (AvgIpc) is 3.16. The zero-order chi connectivity index (χ0) is 27.8. The van der Waals surface area contributed by atoms with Crippen molar-refractivity contribution in [3.63, 3.8) is 0 Å². The molecule has 0 saturated carbocycles. The molecule has 1 aliphatic rings. The number of allylic oxidation sites excluding steroid dienone is 4. The first-order chi connectivity index (χ1) is 17.9. The molecule has 0 amide bonds. The van der Waals surface area contributed by atoms with E-state index in [1.807, 2.05) is 6.92 Å². The largest absolute Gasteiger partial charge is 0.508 e. The second-order valence-electron chi connectivity index (χ2n) is 10.5. The summed E-state index contributed by atoms with van der Waals surface area (Å²) in [7, 11) is 0. The third kappa shape index (κ3) is 5.22. The molecule has 202 valence electrons. The van der Waals surface area contributed by atoms with Gasteiger partial charge in [-0.3, -0.25) is 4.57 Å². The first-order valence-corrected chi connectivity index (χ1v) is 12.7. The molecule has 0 fully saturated rings. The number of phenols is 2. The maximum atomic E-state index is 11.3. The highest BCUT2D eigenvalue weighted by atomic mass is 16.5. The fraction of sp³-hybridized carbons (Fsp3) is 0.367. The lowest BCUT2D eigenvalue weighted by molar-refractivity contribution is -0.0581. The Morgan fingerprint density at radius 3 is 2.47 bits per heavy atom. The standard InChI is InChI=1S/C30H35NO7/c1-17(2)7-5-8-18(3)9-6-12-30(4)26(34)15-22-25(33)14-21-23(27(22)38-30)16-31(28(21)35)19-10-11-20(29(36)37)24(32)13-19/h7,9-11,13-14,16,26,32-35H,5-6,8,12,15H2,1-4H3,(H,36,37). The number of fused-ring (bicyclic) bond motifs is 3. The molecule has 0 bridgehead atoms. The minimum absolute atomic E-state index is 0.0965. The summed E-state index contributed by atoms with van der Waals surface area (Å²) in [6, 6.07) is 5.39. The summed E-state index contributed by atoms with van der Waals surface area (Å²) in [5, 5.41) is 52.9. The van der Waals surface area contributed by atoms with Crippen LogP contribution in [0.1, 0.15) is 69.3 Å². The molecule has 0 aliphatic carbocycles. The molecule has 5 N–H and O–H groups in total. The van der Waals surface area contributed by atoms with Crippen molar-refractivity contribution in [3.05, 3.63) is 64.9 Å². The summed E-state index contributed by atoms with van der Waals surface area (Å²) in [4.78, 5) is 11.3. The van der Waals surface area contributed by atoms with Crippen LogP contribution in [0.4, 0.5) is 0 Å². The summed E-state index contributed by atoms with van der Waals surface area (Å²) in [6.45, 7) is 8.12. The molecular weight excluding hydrogens is 486 g/mol. The van der Waals surface area contributed by atoms with Crippen LogP contribution in [0, 0.1) is 0 Å². The highest BCUT2D eigenvalue weighted by molar-refractivity contribution is 5.97. The molecule has 8 nitrogen and oxygen atoms in total. The Morgan fingerprint density at radius 2 is 1.82 bits per heavy atom. The highest BCUT2D eigenvalue weighted by Crippen LogP contribution is 2.48. The number of aliphatic hydroxyl groups is 1. The van der Waals surface area contributed by atoms with Gasteiger partial charge in [0.2, 0.25) is 5.88 Å². The maximum Gasteiger partial charge on any atom is 0.339 e. The number of ether oxygens (including phenoxy) is 1. The van der Waals surface area contributed by atoms with E-state index in [2.05, 4.69) is 32.9 Å². The number of hydrogen-bond acceptors (Lipinski definition) is 6. The summed E-state index contributed by atoms with van der Waals surface area (Å²) in [5.41, 5.74) is 2.19. The predicted octanol–water partition coefficient (Wildman–Crippen LogP) is 5.97. The molecule has 4 rings (SSSR count). The van der Waals surface area contributed by atoms with Crippen molar-refractivity contribution < 1.29 is 35.1 Å². The number of rotatable bonds is 8. The van der Waals surface area contributed by atoms with Gasteiger partial charge in [-0.25, -0.2) is 4.79 Å². The maximum absolute atomic E-state index is 11.3. The Labute approximate surface area is 221 Å². The highest BCUT2D eigenvalue weighted by Gasteiger charge is 2.41. The molecule has 2 heterocycles. The van der Waals surface area contributed by atoms with Crippen LogP contribution in [-0.2, 0) is 6.42 Å². The minimum Gasteiger partial charge on any atom is -0.508 e. The molecule has 0 spiro atoms. The Bertz CT molecular complexity index is 1440. The number of aliphatic hydroxyl groups excluding tert-OH is 1. The number of carboxylic acids is 1. The van der Waals surface area contributed by atoms with Crippen molar-refractivity contribution in [2.45, 2.75) is 71.5 Å². The van der Waals surface area contributed by atoms with Crippen molar-refractivity contribution in [3.8, 4) is 28.8 Å². The normalized spacial score (nSPS) is 19.2. The molecule has 1 aliphatic heterocycles. The first kappa shape index (κ1) is 27.1. The molecule has 0 radical (unpaired) electrons. The fourth-order valence-electron chi connectivity index (χ4n) is 4.92. The molecule has 8 heteroatoms. The zero-order valence-corrected chi connectivity index (χ0v) is 22.2. The third-order valence-corrected chi connectivity index (χ3v) is 7.28. The van der Waals surface area contributed by atoms with Crippen LogP contribution >= 0.6 is 0 Å². The van der Waals surface area contributed by atoms with Crippen LogP contribution in [0.5, 0.6) is 23.1 Å². The van der Waals surface area contributed by atoms with Crippen LogP contribution in [0.3, 0.4) is 0 Å². The predicted molar refractivity (Wildman–Crippen MR) is 146 cm³/mol. The van der Waals surface area contributed by atoms with E-state index in [4.69, 9.17) is 4.74 Å². The van der Waals surface area contributed by atoms with Crippen molar-refractivity contribution in [2.24, 2.45) is 0 Å². The SMILES string of the molecule is CC(C)=CCCC(C)=CCCC1(C)Oc2c(c(O)cc3c(O)n(-c4ccc(C(=O)O)c(O)c4)cc23)CC1O. The smallest absolute Gasteiger partial charge is 0.339 e. The van der Waals surface area contributed by atoms with E-state index in [1.165, 1.54) is 40.0 Å². The van der Waals surface area contributed by atoms with Gasteiger partial charge in [-0.05, 0) is 71.6 Å². The van der Waals surface area contributed by atoms with Gasteiger partial charge < -0.3 is 30.3 Å². The monoisotopic (exact) mass is 521 g/mol. The quantitative estimate of drug-likeness (QED) is 0.231. The Balaban J connectivity index is 1.65. The van der Waals surface area contributed by atoms with E-state index in [-0.39, 0.29) is 23.6 Å². The molecule has 38 heavy (non-hydrogen) atoms. The summed E-state index contributed by atoms with van der Waals surface area (Å²) >= 11 is 0. The van der Waals surface area contributed by atoms with Crippen molar-refractivity contribution in [2.75, 3.05) is 0 Å². The molecule has 2 aromatic carbocycles. The third-order valence-electron chi connectivity index (χ3n) is 7.28. The first-order valence-electron chi connectivity index (χ1n) is 12.7. The number of hydrogen-bond donors (Lipinski definition) is 5. The Morgan fingerprint density at radius 1 is 1.08 bits per heavy atom. The van der Waals surface area contributed by atoms with E-state index in [9.17, 15) is 30.3 Å². The Kier molecular flexibility index (Phi) is 7.47. The lowest BCUT2D eigenvalue weighted by atomic mass is 9.84. The molecule has 2 unspecified atom stereocenters. The molecular formula is C30H35NO7. The van der Waals surface area contributed by atoms with Crippen LogP contribution < -0.4 is 4.74 Å². The van der Waals surface area contributed by atoms with Gasteiger partial charge in [-0.1, -0.05) is 23.3 Å². The average molecular weight is 522 g/mol. The number of aromatic nitrogens is 1. The number of phenolic OH excluding ortho intramolecular Hbond substituents is 1. The lowest BCUT2D eigenvalue weighted by Gasteiger charge is -2.40. The van der Waals surface area contributed by atoms with Crippen LogP contribution in [0.2, 0.25) is 0 Å². The van der Waals surface area contributed by atoms with Crippen molar-refractivity contribution >= 4 is 16.7 Å². The summed E-state index contributed by atoms with van der Waals surface area (Å²) in [5.74, 6) is -1.61. The van der Waals surface area contributed by atoms with Gasteiger partial charge >= 0.3 is 5.97 Å². The van der Waals surface area contributed by atoms with Gasteiger partial charge in [0.15, 0.2) is 0 Å². The summed E-state index contributed by atoms with van der Waals surface area (Å²) in [6.07, 6.45) is 8.58. The fourth-order valence-corrected chi connectivity index (χ4v) is 4.92. The van der Waals surface area contributed by atoms with E-state index in [0.29, 0.717) is 40.6 Å². The number of aromatic carboxylic acids is 1. The number of nitrogens with zero attached hydrogens (tertiary/aromatic N) is 1. The Hall–Kier alpha value is -3.91. The molecule has 0 saturated heterocycles. The number of benzene rings is 2. The summed E-state index contributed by atoms with van der Waals surface area (Å²) < 4.78 is 7.79. The van der Waals surface area contributed by atoms with Gasteiger partial charge in [0, 0.05) is 29.6 Å². The van der Waals surface area contributed by atoms with Gasteiger partial charge in [0.1, 0.15) is 28.4 Å². The number of carboxylic acid groups (broad SMARTS) is 1. The van der Waals surface area contributed by atoms with Gasteiger partial charge in [-0.2, -0.15) is 0 Å². The molecule has 2 atom stereocenters. The minimum atomic E-state index is -1.26. The van der Waals surface area contributed by atoms with E-state index >= 15 is 0 Å². The van der Waals surface area contributed by atoms with Crippen molar-refractivity contribution in [1.82, 2.24) is 4.57 Å². The van der Waals surface area contributed by atoms with Gasteiger partial charge in [0.05, 0.1) is 17.2 Å². The molecule has 3 aromatic rings. The second-order valence-corrected chi connectivity index (χ2v) is 10.5. The molecule has 1 aromatic heterocycles. The van der Waals surface area contributed by atoms with Gasteiger partial charge in [-0.15, -0.1) is 0 Å². The lowest BCUT2D eigenvalue weighted by Crippen LogP contribution is -2.48. The van der Waals surface area contributed by atoms with Crippen molar-refractivity contribution in [1.29, 1.82) is 0 Å². The zero-order valence-electron chi connectivity index (χ0n) is 22.2. The number of carbonyl (C=O) groups is 1. The number of aromatic hydroxyl groups is 3. The van der Waals surface area contributed by atoms with Gasteiger partial charge in [0.25, 0.3) is 0 Å². The van der Waals surface area contributed by atoms with E-state index in [1.54, 1.807) is 6.20 Å². The second kappa shape index (κ2) is 10.5. The van der Waals surface area contributed by atoms with Crippen LogP contribution in [0.15, 0.2) is 53.8 Å². The van der Waals surface area contributed by atoms with Crippen LogP contribution in [-0.4, -0.2) is 47.8 Å². The topological polar surface area (TPSA) is 132 Å². The van der Waals surface area contributed by atoms with E-state index < -0.39 is 23.4 Å².